The quantitative estimate of drug-likeness (QED) is 0.632. The van der Waals surface area contributed by atoms with Crippen LogP contribution in [-0.2, 0) is 16.1 Å². The van der Waals surface area contributed by atoms with Crippen LogP contribution in [0.15, 0.2) is 48.5 Å². The van der Waals surface area contributed by atoms with Gasteiger partial charge in [-0.1, -0.05) is 31.4 Å². The number of rotatable bonds is 9. The molecule has 172 valence electrons. The van der Waals surface area contributed by atoms with E-state index in [9.17, 15) is 9.59 Å². The summed E-state index contributed by atoms with van der Waals surface area (Å²) in [7, 11) is 5.63. The molecule has 1 fully saturated rings. The molecule has 6 heteroatoms. The number of hydrogen-bond acceptors (Lipinski definition) is 4. The minimum Gasteiger partial charge on any atom is -0.497 e. The molecular weight excluding hydrogens is 402 g/mol. The summed E-state index contributed by atoms with van der Waals surface area (Å²) in [5.41, 5.74) is 2.97. The summed E-state index contributed by atoms with van der Waals surface area (Å²) < 4.78 is 5.26. The van der Waals surface area contributed by atoms with Crippen LogP contribution in [0.4, 0.5) is 11.4 Å². The predicted octanol–water partition coefficient (Wildman–Crippen LogP) is 4.38. The number of nitrogens with one attached hydrogen (secondary N) is 1. The van der Waals surface area contributed by atoms with Crippen LogP contribution in [0.5, 0.6) is 5.75 Å². The van der Waals surface area contributed by atoms with E-state index < -0.39 is 0 Å². The van der Waals surface area contributed by atoms with Gasteiger partial charge in [-0.2, -0.15) is 0 Å². The van der Waals surface area contributed by atoms with Crippen LogP contribution in [0.3, 0.4) is 0 Å². The maximum absolute atomic E-state index is 13.2. The number of methoxy groups -OCH3 is 1. The SMILES string of the molecule is COc1ccc(N(Cc2ccc(N(C)C)cc2)C(=O)CCNC(=O)C2CCCCC2)cc1. The first-order valence-electron chi connectivity index (χ1n) is 11.5. The van der Waals surface area contributed by atoms with Crippen LogP contribution in [0.25, 0.3) is 0 Å². The van der Waals surface area contributed by atoms with Crippen molar-refractivity contribution in [3.05, 3.63) is 54.1 Å². The Morgan fingerprint density at radius 3 is 2.16 bits per heavy atom. The maximum Gasteiger partial charge on any atom is 0.229 e. The molecule has 0 radical (unpaired) electrons. The van der Waals surface area contributed by atoms with E-state index in [0.717, 1.165) is 48.4 Å². The molecule has 1 saturated carbocycles. The second-order valence-electron chi connectivity index (χ2n) is 8.61. The maximum atomic E-state index is 13.2. The molecule has 2 aromatic carbocycles. The average molecular weight is 438 g/mol. The highest BCUT2D eigenvalue weighted by molar-refractivity contribution is 5.93. The first-order valence-corrected chi connectivity index (χ1v) is 11.5. The number of carbonyl (C=O) groups excluding carboxylic acids is 2. The molecule has 0 aromatic heterocycles. The molecule has 0 bridgehead atoms. The topological polar surface area (TPSA) is 61.9 Å². The van der Waals surface area contributed by atoms with Gasteiger partial charge in [0, 0.05) is 44.4 Å². The third kappa shape index (κ3) is 6.49. The number of nitrogens with zero attached hydrogens (tertiary/aromatic N) is 2. The summed E-state index contributed by atoms with van der Waals surface area (Å²) in [4.78, 5) is 29.4. The fraction of sp³-hybridized carbons (Fsp3) is 0.462. The number of amides is 2. The largest absolute Gasteiger partial charge is 0.497 e. The average Bonchev–Trinajstić information content (AvgIpc) is 2.83. The van der Waals surface area contributed by atoms with Crippen LogP contribution in [0.1, 0.15) is 44.1 Å². The summed E-state index contributed by atoms with van der Waals surface area (Å²) in [6.07, 6.45) is 5.64. The van der Waals surface area contributed by atoms with Gasteiger partial charge in [-0.25, -0.2) is 0 Å². The van der Waals surface area contributed by atoms with Crippen LogP contribution in [0.2, 0.25) is 0 Å². The van der Waals surface area contributed by atoms with Crippen LogP contribution in [0, 0.1) is 5.92 Å². The summed E-state index contributed by atoms with van der Waals surface area (Å²) in [5.74, 6) is 0.923. The van der Waals surface area contributed by atoms with E-state index in [1.54, 1.807) is 12.0 Å². The highest BCUT2D eigenvalue weighted by Crippen LogP contribution is 2.24. The predicted molar refractivity (Wildman–Crippen MR) is 129 cm³/mol. The van der Waals surface area contributed by atoms with Crippen molar-refractivity contribution in [1.82, 2.24) is 5.32 Å². The molecule has 2 aromatic rings. The summed E-state index contributed by atoms with van der Waals surface area (Å²) in [6, 6.07) is 15.7. The van der Waals surface area contributed by atoms with Crippen molar-refractivity contribution in [2.24, 2.45) is 5.92 Å². The number of anilines is 2. The van der Waals surface area contributed by atoms with Gasteiger partial charge in [0.25, 0.3) is 0 Å². The summed E-state index contributed by atoms with van der Waals surface area (Å²) in [5, 5.41) is 2.98. The molecule has 0 spiro atoms. The minimum absolute atomic E-state index is 0.0178. The minimum atomic E-state index is -0.0178. The Labute approximate surface area is 191 Å². The van der Waals surface area contributed by atoms with Crippen molar-refractivity contribution in [3.63, 3.8) is 0 Å². The molecule has 32 heavy (non-hydrogen) atoms. The lowest BCUT2D eigenvalue weighted by atomic mass is 9.89. The number of hydrogen-bond donors (Lipinski definition) is 1. The highest BCUT2D eigenvalue weighted by Gasteiger charge is 2.22. The molecule has 0 unspecified atom stereocenters. The monoisotopic (exact) mass is 437 g/mol. The molecule has 0 atom stereocenters. The van der Waals surface area contributed by atoms with Gasteiger partial charge in [-0.15, -0.1) is 0 Å². The number of benzene rings is 2. The fourth-order valence-corrected chi connectivity index (χ4v) is 4.10. The van der Waals surface area contributed by atoms with E-state index in [-0.39, 0.29) is 24.2 Å². The number of carbonyl (C=O) groups is 2. The van der Waals surface area contributed by atoms with Crippen molar-refractivity contribution < 1.29 is 14.3 Å². The third-order valence-corrected chi connectivity index (χ3v) is 6.09. The van der Waals surface area contributed by atoms with Gasteiger partial charge in [-0.3, -0.25) is 9.59 Å². The van der Waals surface area contributed by atoms with Crippen molar-refractivity contribution in [2.75, 3.05) is 37.5 Å². The zero-order valence-electron chi connectivity index (χ0n) is 19.5. The van der Waals surface area contributed by atoms with Gasteiger partial charge in [0.2, 0.25) is 11.8 Å². The Morgan fingerprint density at radius 1 is 0.938 bits per heavy atom. The molecule has 6 nitrogen and oxygen atoms in total. The second-order valence-corrected chi connectivity index (χ2v) is 8.61. The number of ether oxygens (including phenoxy) is 1. The van der Waals surface area contributed by atoms with Crippen LogP contribution in [-0.4, -0.2) is 39.6 Å². The first kappa shape index (κ1) is 23.6. The zero-order chi connectivity index (χ0) is 22.9. The third-order valence-electron chi connectivity index (χ3n) is 6.09. The first-order chi connectivity index (χ1) is 15.5. The standard InChI is InChI=1S/C26H35N3O3/c1-28(2)22-11-9-20(10-12-22)19-29(23-13-15-24(32-3)16-14-23)25(30)17-18-27-26(31)21-7-5-4-6-8-21/h9-16,21H,4-8,17-19H2,1-3H3,(H,27,31). The van der Waals surface area contributed by atoms with Crippen molar-refractivity contribution in [2.45, 2.75) is 45.1 Å². The van der Waals surface area contributed by atoms with Gasteiger partial charge >= 0.3 is 0 Å². The Kier molecular flexibility index (Phi) is 8.54. The van der Waals surface area contributed by atoms with Crippen molar-refractivity contribution in [1.29, 1.82) is 0 Å². The molecule has 0 heterocycles. The second kappa shape index (κ2) is 11.6. The molecular formula is C26H35N3O3. The lowest BCUT2D eigenvalue weighted by Crippen LogP contribution is -2.36. The molecule has 3 rings (SSSR count). The molecule has 1 N–H and O–H groups in total. The van der Waals surface area contributed by atoms with Crippen LogP contribution < -0.4 is 19.9 Å². The van der Waals surface area contributed by atoms with E-state index in [2.05, 4.69) is 17.4 Å². The lowest BCUT2D eigenvalue weighted by molar-refractivity contribution is -0.126. The molecule has 1 aliphatic rings. The van der Waals surface area contributed by atoms with E-state index in [4.69, 9.17) is 4.74 Å². The van der Waals surface area contributed by atoms with Crippen LogP contribution >= 0.6 is 0 Å². The Morgan fingerprint density at radius 2 is 1.56 bits per heavy atom. The van der Waals surface area contributed by atoms with Crippen molar-refractivity contribution in [3.8, 4) is 5.75 Å². The molecule has 0 saturated heterocycles. The van der Waals surface area contributed by atoms with Gasteiger partial charge in [0.15, 0.2) is 0 Å². The lowest BCUT2D eigenvalue weighted by Gasteiger charge is -2.24. The van der Waals surface area contributed by atoms with Gasteiger partial charge in [0.05, 0.1) is 13.7 Å². The molecule has 1 aliphatic carbocycles. The van der Waals surface area contributed by atoms with Crippen molar-refractivity contribution >= 4 is 23.2 Å². The van der Waals surface area contributed by atoms with Gasteiger partial charge in [0.1, 0.15) is 5.75 Å². The summed E-state index contributed by atoms with van der Waals surface area (Å²) in [6.45, 7) is 0.829. The molecule has 2 amide bonds. The van der Waals surface area contributed by atoms with E-state index in [1.807, 2.05) is 55.4 Å². The van der Waals surface area contributed by atoms with Gasteiger partial charge < -0.3 is 19.9 Å². The Hall–Kier alpha value is -3.02. The Balaban J connectivity index is 1.66. The van der Waals surface area contributed by atoms with E-state index >= 15 is 0 Å². The smallest absolute Gasteiger partial charge is 0.229 e. The normalized spacial score (nSPS) is 14.0. The highest BCUT2D eigenvalue weighted by atomic mass is 16.5. The van der Waals surface area contributed by atoms with E-state index in [0.29, 0.717) is 13.1 Å². The van der Waals surface area contributed by atoms with Gasteiger partial charge in [-0.05, 0) is 54.8 Å². The van der Waals surface area contributed by atoms with E-state index in [1.165, 1.54) is 6.42 Å². The molecule has 0 aliphatic heterocycles. The Bertz CT molecular complexity index is 872. The zero-order valence-corrected chi connectivity index (χ0v) is 19.5. The fourth-order valence-electron chi connectivity index (χ4n) is 4.10. The summed E-state index contributed by atoms with van der Waals surface area (Å²) >= 11 is 0.